The Hall–Kier alpha value is -4.02. The van der Waals surface area contributed by atoms with Crippen LogP contribution in [-0.4, -0.2) is 55.4 Å². The molecule has 1 aliphatic carbocycles. The molecule has 4 heterocycles. The first-order valence-corrected chi connectivity index (χ1v) is 13.1. The summed E-state index contributed by atoms with van der Waals surface area (Å²) in [4.78, 5) is 16.0. The van der Waals surface area contributed by atoms with Gasteiger partial charge in [-0.15, -0.1) is 10.2 Å². The van der Waals surface area contributed by atoms with Crippen molar-refractivity contribution in [2.45, 2.75) is 56.5 Å². The van der Waals surface area contributed by atoms with Gasteiger partial charge in [-0.1, -0.05) is 6.07 Å². The number of fused-ring (bicyclic) bond motifs is 1. The number of benzene rings is 1. The number of methoxy groups -OCH3 is 1. The Morgan fingerprint density at radius 1 is 1.13 bits per heavy atom. The molecular formula is C27H31FN8O2. The topological polar surface area (TPSA) is 102 Å². The summed E-state index contributed by atoms with van der Waals surface area (Å²) >= 11 is 0. The highest BCUT2D eigenvalue weighted by molar-refractivity contribution is 6.06. The number of aryl methyl sites for hydroxylation is 1. The van der Waals surface area contributed by atoms with E-state index in [0.717, 1.165) is 55.4 Å². The molecule has 11 heteroatoms. The minimum atomic E-state index is -0.312. The van der Waals surface area contributed by atoms with Crippen molar-refractivity contribution in [2.75, 3.05) is 18.6 Å². The van der Waals surface area contributed by atoms with Gasteiger partial charge in [-0.05, 0) is 79.3 Å². The van der Waals surface area contributed by atoms with Gasteiger partial charge < -0.3 is 15.0 Å². The lowest BCUT2D eigenvalue weighted by atomic mass is 9.85. The molecule has 1 amide bonds. The van der Waals surface area contributed by atoms with Crippen LogP contribution in [0, 0.1) is 5.82 Å². The predicted octanol–water partition coefficient (Wildman–Crippen LogP) is 3.80. The summed E-state index contributed by atoms with van der Waals surface area (Å²) in [6, 6.07) is 10.2. The standard InChI is InChI=1S/C27H31FN8O2/c1-34-25(30-32-33-34)17-8-11-19(12-9-17)29-27(37)24-22-6-3-4-15-36(22)31-26(24)35-14-5-7-21(35)20-16-18(28)10-13-23(20)38-2/h3-4,6,10,13,15-17,19,21H,5,7-9,11-12,14H2,1-2H3,(H,29,37). The van der Waals surface area contributed by atoms with Crippen LogP contribution in [0.2, 0.25) is 0 Å². The minimum absolute atomic E-state index is 0.0594. The van der Waals surface area contributed by atoms with Crippen LogP contribution in [0.15, 0.2) is 42.6 Å². The van der Waals surface area contributed by atoms with E-state index >= 15 is 0 Å². The molecular weight excluding hydrogens is 487 g/mol. The van der Waals surface area contributed by atoms with Crippen LogP contribution in [0.25, 0.3) is 5.52 Å². The number of ether oxygens (including phenoxy) is 1. The van der Waals surface area contributed by atoms with Crippen molar-refractivity contribution in [1.82, 2.24) is 35.1 Å². The first-order valence-electron chi connectivity index (χ1n) is 13.1. The Kier molecular flexibility index (Phi) is 6.42. The minimum Gasteiger partial charge on any atom is -0.496 e. The number of nitrogens with one attached hydrogen (secondary N) is 1. The summed E-state index contributed by atoms with van der Waals surface area (Å²) in [6.45, 7) is 0.714. The molecule has 2 fully saturated rings. The van der Waals surface area contributed by atoms with Gasteiger partial charge in [0.2, 0.25) is 0 Å². The molecule has 1 atom stereocenters. The molecule has 38 heavy (non-hydrogen) atoms. The largest absolute Gasteiger partial charge is 0.496 e. The van der Waals surface area contributed by atoms with E-state index in [-0.39, 0.29) is 23.8 Å². The quantitative estimate of drug-likeness (QED) is 0.414. The summed E-state index contributed by atoms with van der Waals surface area (Å²) < 4.78 is 23.3. The van der Waals surface area contributed by atoms with Crippen molar-refractivity contribution < 1.29 is 13.9 Å². The highest BCUT2D eigenvalue weighted by Crippen LogP contribution is 2.41. The van der Waals surface area contributed by atoms with Crippen molar-refractivity contribution in [1.29, 1.82) is 0 Å². The van der Waals surface area contributed by atoms with Gasteiger partial charge in [0.1, 0.15) is 17.1 Å². The molecule has 6 rings (SSSR count). The van der Waals surface area contributed by atoms with Crippen molar-refractivity contribution in [3.63, 3.8) is 0 Å². The number of tetrazole rings is 1. The van der Waals surface area contributed by atoms with Crippen LogP contribution in [0.3, 0.4) is 0 Å². The van der Waals surface area contributed by atoms with Gasteiger partial charge >= 0.3 is 0 Å². The first-order chi connectivity index (χ1) is 18.5. The zero-order valence-electron chi connectivity index (χ0n) is 21.5. The molecule has 2 aliphatic rings. The van der Waals surface area contributed by atoms with E-state index in [4.69, 9.17) is 9.84 Å². The number of nitrogens with zero attached hydrogens (tertiary/aromatic N) is 7. The summed E-state index contributed by atoms with van der Waals surface area (Å²) in [5.74, 6) is 1.99. The second-order valence-corrected chi connectivity index (χ2v) is 10.1. The molecule has 1 aliphatic heterocycles. The number of hydrogen-bond donors (Lipinski definition) is 1. The van der Waals surface area contributed by atoms with E-state index in [0.29, 0.717) is 29.6 Å². The lowest BCUT2D eigenvalue weighted by molar-refractivity contribution is 0.0927. The molecule has 10 nitrogen and oxygen atoms in total. The van der Waals surface area contributed by atoms with Gasteiger partial charge in [0, 0.05) is 37.3 Å². The van der Waals surface area contributed by atoms with Crippen molar-refractivity contribution in [3.8, 4) is 5.75 Å². The third kappa shape index (κ3) is 4.35. The molecule has 0 radical (unpaired) electrons. The second kappa shape index (κ2) is 10.0. The maximum atomic E-state index is 14.3. The van der Waals surface area contributed by atoms with Gasteiger partial charge in [-0.25, -0.2) is 13.6 Å². The Labute approximate surface area is 219 Å². The average molecular weight is 519 g/mol. The van der Waals surface area contributed by atoms with Crippen LogP contribution < -0.4 is 15.0 Å². The van der Waals surface area contributed by atoms with Crippen molar-refractivity contribution in [2.24, 2.45) is 7.05 Å². The summed E-state index contributed by atoms with van der Waals surface area (Å²) in [5.41, 5.74) is 2.06. The molecule has 1 N–H and O–H groups in total. The third-order valence-electron chi connectivity index (χ3n) is 7.90. The molecule has 1 aromatic carbocycles. The Bertz CT molecular complexity index is 1460. The Morgan fingerprint density at radius 2 is 1.97 bits per heavy atom. The smallest absolute Gasteiger partial charge is 0.257 e. The first kappa shape index (κ1) is 24.3. The molecule has 1 unspecified atom stereocenters. The molecule has 3 aromatic heterocycles. The van der Waals surface area contributed by atoms with Gasteiger partial charge in [-0.2, -0.15) is 0 Å². The fraction of sp³-hybridized carbons (Fsp3) is 0.444. The lowest BCUT2D eigenvalue weighted by Gasteiger charge is -2.29. The van der Waals surface area contributed by atoms with Crippen LogP contribution in [0.1, 0.15) is 72.2 Å². The van der Waals surface area contributed by atoms with E-state index in [1.807, 2.05) is 31.4 Å². The number of anilines is 1. The fourth-order valence-electron chi connectivity index (χ4n) is 6.05. The van der Waals surface area contributed by atoms with Crippen LogP contribution in [-0.2, 0) is 7.05 Å². The van der Waals surface area contributed by atoms with Gasteiger partial charge in [0.05, 0.1) is 18.7 Å². The number of rotatable bonds is 6. The number of hydrogen-bond acceptors (Lipinski definition) is 7. The van der Waals surface area contributed by atoms with Gasteiger partial charge in [0.25, 0.3) is 5.91 Å². The van der Waals surface area contributed by atoms with Gasteiger partial charge in [0.15, 0.2) is 11.6 Å². The molecule has 0 bridgehead atoms. The average Bonchev–Trinajstić information content (AvgIpc) is 3.67. The summed E-state index contributed by atoms with van der Waals surface area (Å²) in [6.07, 6.45) is 7.09. The third-order valence-corrected chi connectivity index (χ3v) is 7.90. The Morgan fingerprint density at radius 3 is 2.74 bits per heavy atom. The maximum absolute atomic E-state index is 14.3. The van der Waals surface area contributed by atoms with Crippen LogP contribution in [0.5, 0.6) is 5.75 Å². The van der Waals surface area contributed by atoms with E-state index < -0.39 is 0 Å². The molecule has 1 saturated carbocycles. The number of pyridine rings is 1. The second-order valence-electron chi connectivity index (χ2n) is 10.1. The van der Waals surface area contributed by atoms with E-state index in [9.17, 15) is 9.18 Å². The highest BCUT2D eigenvalue weighted by Gasteiger charge is 2.35. The van der Waals surface area contributed by atoms with E-state index in [2.05, 4.69) is 25.7 Å². The number of carbonyl (C=O) groups is 1. The summed E-state index contributed by atoms with van der Waals surface area (Å²) in [7, 11) is 3.45. The Balaban J connectivity index is 1.28. The van der Waals surface area contributed by atoms with Crippen molar-refractivity contribution in [3.05, 3.63) is 65.4 Å². The molecule has 198 valence electrons. The summed E-state index contributed by atoms with van der Waals surface area (Å²) in [5, 5.41) is 20.0. The number of halogens is 1. The van der Waals surface area contributed by atoms with Gasteiger partial charge in [-0.3, -0.25) is 4.79 Å². The zero-order chi connectivity index (χ0) is 26.2. The fourth-order valence-corrected chi connectivity index (χ4v) is 6.05. The van der Waals surface area contributed by atoms with E-state index in [1.54, 1.807) is 22.4 Å². The number of amides is 1. The molecule has 4 aromatic rings. The van der Waals surface area contributed by atoms with Crippen molar-refractivity contribution >= 4 is 17.2 Å². The lowest BCUT2D eigenvalue weighted by Crippen LogP contribution is -2.38. The highest BCUT2D eigenvalue weighted by atomic mass is 19.1. The molecule has 1 saturated heterocycles. The maximum Gasteiger partial charge on any atom is 0.257 e. The monoisotopic (exact) mass is 518 g/mol. The molecule has 0 spiro atoms. The normalized spacial score (nSPS) is 21.7. The predicted molar refractivity (Wildman–Crippen MR) is 139 cm³/mol. The van der Waals surface area contributed by atoms with Crippen LogP contribution in [0.4, 0.5) is 10.2 Å². The number of aromatic nitrogens is 6. The van der Waals surface area contributed by atoms with E-state index in [1.165, 1.54) is 12.1 Å². The SMILES string of the molecule is COc1ccc(F)cc1C1CCCN1c1nn2ccccc2c1C(=O)NC1CCC(c2nnnn2C)CC1. The number of carbonyl (C=O) groups excluding carboxylic acids is 1. The van der Waals surface area contributed by atoms with Crippen LogP contribution >= 0.6 is 0 Å². The zero-order valence-corrected chi connectivity index (χ0v) is 21.5.